The van der Waals surface area contributed by atoms with Crippen molar-refractivity contribution >= 4 is 23.8 Å². The van der Waals surface area contributed by atoms with Crippen LogP contribution in [0.15, 0.2) is 0 Å². The lowest BCUT2D eigenvalue weighted by atomic mass is 10.0. The summed E-state index contributed by atoms with van der Waals surface area (Å²) in [4.78, 5) is 25.9. The number of hydrogen-bond acceptors (Lipinski definition) is 3. The van der Waals surface area contributed by atoms with Crippen LogP contribution < -0.4 is 0 Å². The summed E-state index contributed by atoms with van der Waals surface area (Å²) >= 11 is 1.76. The Balaban J connectivity index is 2.35. The van der Waals surface area contributed by atoms with Gasteiger partial charge in [-0.05, 0) is 25.4 Å². The highest BCUT2D eigenvalue weighted by Crippen LogP contribution is 2.18. The number of hydrogen-bond donors (Lipinski definition) is 1. The number of thioether (sulfide) groups is 1. The first-order chi connectivity index (χ1) is 7.97. The number of likely N-dealkylation sites (tertiary alicyclic amines) is 1. The quantitative estimate of drug-likeness (QED) is 0.807. The number of carbonyl (C=O) groups excluding carboxylic acids is 1. The van der Waals surface area contributed by atoms with E-state index in [1.807, 2.05) is 13.2 Å². The van der Waals surface area contributed by atoms with E-state index < -0.39 is 5.97 Å². The minimum absolute atomic E-state index is 0.0592. The zero-order valence-corrected chi connectivity index (χ0v) is 11.4. The van der Waals surface area contributed by atoms with Gasteiger partial charge in [0.05, 0.1) is 5.92 Å². The summed E-state index contributed by atoms with van der Waals surface area (Å²) in [6, 6.07) is 0.134. The molecule has 2 amide bonds. The van der Waals surface area contributed by atoms with Gasteiger partial charge in [0.2, 0.25) is 0 Å². The Bertz CT molecular complexity index is 292. The molecule has 1 aliphatic rings. The predicted octanol–water partition coefficient (Wildman–Crippen LogP) is 1.20. The maximum absolute atomic E-state index is 12.0. The smallest absolute Gasteiger partial charge is 0.320 e. The Morgan fingerprint density at radius 3 is 2.59 bits per heavy atom. The van der Waals surface area contributed by atoms with Crippen molar-refractivity contribution in [2.75, 3.05) is 32.1 Å². The molecule has 0 aromatic carbocycles. The third kappa shape index (κ3) is 3.52. The number of rotatable bonds is 5. The average molecular weight is 260 g/mol. The maximum atomic E-state index is 12.0. The fourth-order valence-electron chi connectivity index (χ4n) is 1.68. The molecule has 1 N–H and O–H groups in total. The van der Waals surface area contributed by atoms with Crippen LogP contribution in [0.5, 0.6) is 0 Å². The molecule has 98 valence electrons. The maximum Gasteiger partial charge on any atom is 0.320 e. The van der Waals surface area contributed by atoms with E-state index >= 15 is 0 Å². The molecule has 0 bridgehead atoms. The summed E-state index contributed by atoms with van der Waals surface area (Å²) in [6.45, 7) is 2.70. The lowest BCUT2D eigenvalue weighted by Gasteiger charge is -2.40. The van der Waals surface area contributed by atoms with Crippen LogP contribution in [0.1, 0.15) is 13.3 Å². The Morgan fingerprint density at radius 2 is 2.12 bits per heavy atom. The number of carbonyl (C=O) groups is 2. The lowest BCUT2D eigenvalue weighted by Crippen LogP contribution is -2.57. The van der Waals surface area contributed by atoms with Crippen molar-refractivity contribution in [2.24, 2.45) is 5.92 Å². The van der Waals surface area contributed by atoms with Gasteiger partial charge in [-0.15, -0.1) is 0 Å². The minimum atomic E-state index is -0.813. The van der Waals surface area contributed by atoms with E-state index in [-0.39, 0.29) is 18.0 Å². The second kappa shape index (κ2) is 6.14. The van der Waals surface area contributed by atoms with Crippen LogP contribution in [0, 0.1) is 5.92 Å². The monoisotopic (exact) mass is 260 g/mol. The van der Waals surface area contributed by atoms with Crippen LogP contribution in [-0.4, -0.2) is 65.1 Å². The molecule has 0 radical (unpaired) electrons. The summed E-state index contributed by atoms with van der Waals surface area (Å²) in [7, 11) is 1.78. The molecule has 0 saturated carbocycles. The van der Waals surface area contributed by atoms with E-state index in [1.165, 1.54) is 0 Å². The van der Waals surface area contributed by atoms with Gasteiger partial charge in [0.15, 0.2) is 0 Å². The SMILES string of the molecule is CSCCC(C)N(C)C(=O)N1CC(C(=O)O)C1. The summed E-state index contributed by atoms with van der Waals surface area (Å²) in [5.74, 6) is -0.169. The van der Waals surface area contributed by atoms with Gasteiger partial charge in [0.1, 0.15) is 0 Å². The molecule has 0 spiro atoms. The van der Waals surface area contributed by atoms with E-state index in [0.717, 1.165) is 12.2 Å². The van der Waals surface area contributed by atoms with Crippen molar-refractivity contribution in [3.8, 4) is 0 Å². The fourth-order valence-corrected chi connectivity index (χ4v) is 2.26. The molecular formula is C11H20N2O3S. The molecule has 1 fully saturated rings. The molecule has 1 heterocycles. The second-order valence-electron chi connectivity index (χ2n) is 4.46. The summed E-state index contributed by atoms with van der Waals surface area (Å²) in [6.07, 6.45) is 3.00. The molecular weight excluding hydrogens is 240 g/mol. The number of amides is 2. The first-order valence-electron chi connectivity index (χ1n) is 5.70. The first-order valence-corrected chi connectivity index (χ1v) is 7.10. The third-order valence-electron chi connectivity index (χ3n) is 3.20. The van der Waals surface area contributed by atoms with Crippen LogP contribution in [0.3, 0.4) is 0 Å². The molecule has 1 unspecified atom stereocenters. The van der Waals surface area contributed by atoms with Crippen molar-refractivity contribution in [3.05, 3.63) is 0 Å². The molecule has 0 aromatic rings. The number of nitrogens with zero attached hydrogens (tertiary/aromatic N) is 2. The largest absolute Gasteiger partial charge is 0.481 e. The van der Waals surface area contributed by atoms with E-state index in [4.69, 9.17) is 5.11 Å². The van der Waals surface area contributed by atoms with E-state index in [9.17, 15) is 9.59 Å². The predicted molar refractivity (Wildman–Crippen MR) is 68.3 cm³/mol. The molecule has 0 aromatic heterocycles. The molecule has 1 aliphatic heterocycles. The normalized spacial score (nSPS) is 17.5. The van der Waals surface area contributed by atoms with Crippen molar-refractivity contribution < 1.29 is 14.7 Å². The van der Waals surface area contributed by atoms with Crippen molar-refractivity contribution in [1.82, 2.24) is 9.80 Å². The Kier molecular flexibility index (Phi) is 5.11. The van der Waals surface area contributed by atoms with Crippen molar-refractivity contribution in [2.45, 2.75) is 19.4 Å². The van der Waals surface area contributed by atoms with Crippen LogP contribution in [0.4, 0.5) is 4.79 Å². The van der Waals surface area contributed by atoms with E-state index in [1.54, 1.807) is 28.6 Å². The van der Waals surface area contributed by atoms with Gasteiger partial charge < -0.3 is 14.9 Å². The van der Waals surface area contributed by atoms with Gasteiger partial charge in [-0.25, -0.2) is 4.79 Å². The highest BCUT2D eigenvalue weighted by atomic mass is 32.2. The van der Waals surface area contributed by atoms with Crippen LogP contribution in [0.25, 0.3) is 0 Å². The molecule has 17 heavy (non-hydrogen) atoms. The van der Waals surface area contributed by atoms with Gasteiger partial charge in [0.25, 0.3) is 0 Å². The Labute approximate surface area is 106 Å². The fraction of sp³-hybridized carbons (Fsp3) is 0.818. The summed E-state index contributed by atoms with van der Waals surface area (Å²) in [5.41, 5.74) is 0. The standard InChI is InChI=1S/C11H20N2O3S/c1-8(4-5-17-3)12(2)11(16)13-6-9(7-13)10(14)15/h8-9H,4-7H2,1-3H3,(H,14,15). The van der Waals surface area contributed by atoms with Crippen LogP contribution >= 0.6 is 11.8 Å². The average Bonchev–Trinajstić information content (AvgIpc) is 2.21. The molecule has 5 nitrogen and oxygen atoms in total. The summed E-state index contributed by atoms with van der Waals surface area (Å²) in [5, 5.41) is 8.74. The third-order valence-corrected chi connectivity index (χ3v) is 3.85. The van der Waals surface area contributed by atoms with Crippen LogP contribution in [0.2, 0.25) is 0 Å². The van der Waals surface area contributed by atoms with E-state index in [2.05, 4.69) is 0 Å². The molecule has 1 rings (SSSR count). The molecule has 1 saturated heterocycles. The zero-order valence-electron chi connectivity index (χ0n) is 10.5. The highest BCUT2D eigenvalue weighted by molar-refractivity contribution is 7.98. The molecule has 1 atom stereocenters. The second-order valence-corrected chi connectivity index (χ2v) is 5.45. The van der Waals surface area contributed by atoms with E-state index in [0.29, 0.717) is 13.1 Å². The first kappa shape index (κ1) is 14.2. The highest BCUT2D eigenvalue weighted by Gasteiger charge is 2.37. The number of urea groups is 1. The van der Waals surface area contributed by atoms with Gasteiger partial charge in [-0.1, -0.05) is 0 Å². The van der Waals surface area contributed by atoms with Gasteiger partial charge in [-0.2, -0.15) is 11.8 Å². The van der Waals surface area contributed by atoms with Crippen LogP contribution in [-0.2, 0) is 4.79 Å². The topological polar surface area (TPSA) is 60.9 Å². The van der Waals surface area contributed by atoms with Crippen molar-refractivity contribution in [3.63, 3.8) is 0 Å². The minimum Gasteiger partial charge on any atom is -0.481 e. The number of carboxylic acid groups (broad SMARTS) is 1. The lowest BCUT2D eigenvalue weighted by molar-refractivity contribution is -0.146. The van der Waals surface area contributed by atoms with Gasteiger partial charge >= 0.3 is 12.0 Å². The van der Waals surface area contributed by atoms with Gasteiger partial charge in [-0.3, -0.25) is 4.79 Å². The molecule has 0 aliphatic carbocycles. The van der Waals surface area contributed by atoms with Crippen molar-refractivity contribution in [1.29, 1.82) is 0 Å². The number of carboxylic acids is 1. The number of aliphatic carboxylic acids is 1. The molecule has 6 heteroatoms. The Hall–Kier alpha value is -0.910. The Morgan fingerprint density at radius 1 is 1.53 bits per heavy atom. The van der Waals surface area contributed by atoms with Gasteiger partial charge in [0, 0.05) is 26.2 Å². The zero-order chi connectivity index (χ0) is 13.0. The summed E-state index contributed by atoms with van der Waals surface area (Å²) < 4.78 is 0.